The van der Waals surface area contributed by atoms with E-state index in [0.717, 1.165) is 19.4 Å². The van der Waals surface area contributed by atoms with E-state index in [1.54, 1.807) is 18.2 Å². The van der Waals surface area contributed by atoms with Crippen LogP contribution >= 0.6 is 0 Å². The van der Waals surface area contributed by atoms with Crippen molar-refractivity contribution in [2.24, 2.45) is 10.9 Å². The van der Waals surface area contributed by atoms with Crippen LogP contribution in [0.15, 0.2) is 29.4 Å². The van der Waals surface area contributed by atoms with Crippen molar-refractivity contribution in [2.75, 3.05) is 19.8 Å². The van der Waals surface area contributed by atoms with Crippen molar-refractivity contribution < 1.29 is 14.7 Å². The number of oxime groups is 1. The third-order valence-corrected chi connectivity index (χ3v) is 2.40. The molecular formula is C13H20N2O3. The Hall–Kier alpha value is -1.75. The summed E-state index contributed by atoms with van der Waals surface area (Å²) in [5.41, 5.74) is 6.13. The van der Waals surface area contributed by atoms with Crippen LogP contribution in [-0.4, -0.2) is 30.9 Å². The predicted molar refractivity (Wildman–Crippen MR) is 70.2 cm³/mol. The van der Waals surface area contributed by atoms with Crippen molar-refractivity contribution in [1.82, 2.24) is 0 Å². The summed E-state index contributed by atoms with van der Waals surface area (Å²) >= 11 is 0. The maximum Gasteiger partial charge on any atom is 0.173 e. The molecule has 0 saturated heterocycles. The average molecular weight is 252 g/mol. The smallest absolute Gasteiger partial charge is 0.173 e. The second-order valence-electron chi connectivity index (χ2n) is 3.80. The van der Waals surface area contributed by atoms with Gasteiger partial charge in [0.25, 0.3) is 0 Å². The van der Waals surface area contributed by atoms with Gasteiger partial charge in [0.05, 0.1) is 12.2 Å². The SMILES string of the molecule is CCCCOCCOc1ccccc1/C(N)=N/O. The first-order chi connectivity index (χ1) is 8.79. The van der Waals surface area contributed by atoms with Crippen LogP contribution in [0.2, 0.25) is 0 Å². The van der Waals surface area contributed by atoms with E-state index in [1.807, 2.05) is 6.07 Å². The Morgan fingerprint density at radius 2 is 2.06 bits per heavy atom. The summed E-state index contributed by atoms with van der Waals surface area (Å²) in [6.07, 6.45) is 2.17. The minimum absolute atomic E-state index is 0.0394. The van der Waals surface area contributed by atoms with Gasteiger partial charge in [-0.3, -0.25) is 0 Å². The molecule has 0 fully saturated rings. The lowest BCUT2D eigenvalue weighted by Gasteiger charge is -2.10. The molecule has 1 aromatic carbocycles. The first-order valence-electron chi connectivity index (χ1n) is 6.07. The third kappa shape index (κ3) is 4.63. The van der Waals surface area contributed by atoms with E-state index >= 15 is 0 Å². The normalized spacial score (nSPS) is 11.5. The van der Waals surface area contributed by atoms with Gasteiger partial charge >= 0.3 is 0 Å². The molecule has 0 aliphatic carbocycles. The average Bonchev–Trinajstić information content (AvgIpc) is 2.42. The summed E-state index contributed by atoms with van der Waals surface area (Å²) in [5, 5.41) is 11.6. The van der Waals surface area contributed by atoms with Gasteiger partial charge in [0, 0.05) is 6.61 Å². The monoisotopic (exact) mass is 252 g/mol. The van der Waals surface area contributed by atoms with Crippen LogP contribution in [-0.2, 0) is 4.74 Å². The van der Waals surface area contributed by atoms with Gasteiger partial charge < -0.3 is 20.4 Å². The number of benzene rings is 1. The Kier molecular flexibility index (Phi) is 6.64. The molecule has 0 spiro atoms. The molecule has 0 amide bonds. The van der Waals surface area contributed by atoms with Crippen LogP contribution in [0.4, 0.5) is 0 Å². The molecule has 18 heavy (non-hydrogen) atoms. The van der Waals surface area contributed by atoms with Crippen LogP contribution in [0, 0.1) is 0 Å². The first kappa shape index (κ1) is 14.3. The van der Waals surface area contributed by atoms with Gasteiger partial charge in [-0.2, -0.15) is 0 Å². The molecule has 0 radical (unpaired) electrons. The molecule has 5 nitrogen and oxygen atoms in total. The lowest BCUT2D eigenvalue weighted by atomic mass is 10.2. The van der Waals surface area contributed by atoms with Crippen molar-refractivity contribution in [3.05, 3.63) is 29.8 Å². The zero-order valence-corrected chi connectivity index (χ0v) is 10.6. The summed E-state index contributed by atoms with van der Waals surface area (Å²) < 4.78 is 10.9. The van der Waals surface area contributed by atoms with Crippen LogP contribution in [0.1, 0.15) is 25.3 Å². The van der Waals surface area contributed by atoms with E-state index in [-0.39, 0.29) is 5.84 Å². The van der Waals surface area contributed by atoms with Gasteiger partial charge in [-0.1, -0.05) is 30.6 Å². The van der Waals surface area contributed by atoms with E-state index in [4.69, 9.17) is 20.4 Å². The second kappa shape index (κ2) is 8.36. The fourth-order valence-electron chi connectivity index (χ4n) is 1.42. The van der Waals surface area contributed by atoms with E-state index in [1.165, 1.54) is 0 Å². The highest BCUT2D eigenvalue weighted by Crippen LogP contribution is 2.17. The number of rotatable bonds is 8. The molecular weight excluding hydrogens is 232 g/mol. The van der Waals surface area contributed by atoms with Crippen LogP contribution < -0.4 is 10.5 Å². The molecule has 0 heterocycles. The number of para-hydroxylation sites is 1. The number of ether oxygens (including phenoxy) is 2. The maximum atomic E-state index is 8.66. The summed E-state index contributed by atoms with van der Waals surface area (Å²) in [7, 11) is 0. The molecule has 0 aliphatic heterocycles. The van der Waals surface area contributed by atoms with Crippen molar-refractivity contribution in [3.8, 4) is 5.75 Å². The minimum Gasteiger partial charge on any atom is -0.490 e. The largest absolute Gasteiger partial charge is 0.490 e. The predicted octanol–water partition coefficient (Wildman–Crippen LogP) is 1.98. The Morgan fingerprint density at radius 1 is 1.28 bits per heavy atom. The summed E-state index contributed by atoms with van der Waals surface area (Å²) in [6.45, 7) is 3.85. The molecule has 0 unspecified atom stereocenters. The highest BCUT2D eigenvalue weighted by atomic mass is 16.5. The minimum atomic E-state index is 0.0394. The highest BCUT2D eigenvalue weighted by Gasteiger charge is 2.06. The Labute approximate surface area is 107 Å². The molecule has 0 atom stereocenters. The van der Waals surface area contributed by atoms with Crippen LogP contribution in [0.25, 0.3) is 0 Å². The molecule has 0 bridgehead atoms. The third-order valence-electron chi connectivity index (χ3n) is 2.40. The van der Waals surface area contributed by atoms with Gasteiger partial charge in [-0.05, 0) is 18.6 Å². The molecule has 1 aromatic rings. The van der Waals surface area contributed by atoms with E-state index < -0.39 is 0 Å². The van der Waals surface area contributed by atoms with E-state index in [2.05, 4.69) is 12.1 Å². The quantitative estimate of drug-likeness (QED) is 0.244. The fourth-order valence-corrected chi connectivity index (χ4v) is 1.42. The van der Waals surface area contributed by atoms with Crippen molar-refractivity contribution in [1.29, 1.82) is 0 Å². The molecule has 1 rings (SSSR count). The summed E-state index contributed by atoms with van der Waals surface area (Å²) in [5.74, 6) is 0.629. The summed E-state index contributed by atoms with van der Waals surface area (Å²) in [6, 6.07) is 7.15. The number of amidine groups is 1. The number of nitrogens with zero attached hydrogens (tertiary/aromatic N) is 1. The topological polar surface area (TPSA) is 77.1 Å². The zero-order chi connectivity index (χ0) is 13.2. The molecule has 100 valence electrons. The van der Waals surface area contributed by atoms with E-state index in [9.17, 15) is 0 Å². The lowest BCUT2D eigenvalue weighted by Crippen LogP contribution is -2.16. The Bertz CT molecular complexity index is 380. The molecule has 5 heteroatoms. The van der Waals surface area contributed by atoms with Gasteiger partial charge in [0.15, 0.2) is 5.84 Å². The molecule has 0 aromatic heterocycles. The van der Waals surface area contributed by atoms with Crippen LogP contribution in [0.5, 0.6) is 5.75 Å². The molecule has 3 N–H and O–H groups in total. The van der Waals surface area contributed by atoms with Gasteiger partial charge in [-0.25, -0.2) is 0 Å². The fraction of sp³-hybridized carbons (Fsp3) is 0.462. The van der Waals surface area contributed by atoms with E-state index in [0.29, 0.717) is 24.5 Å². The number of nitrogens with two attached hydrogens (primary N) is 1. The highest BCUT2D eigenvalue weighted by molar-refractivity contribution is 5.99. The van der Waals surface area contributed by atoms with Crippen LogP contribution in [0.3, 0.4) is 0 Å². The zero-order valence-electron chi connectivity index (χ0n) is 10.6. The van der Waals surface area contributed by atoms with Gasteiger partial charge in [0.1, 0.15) is 12.4 Å². The molecule has 0 aliphatic rings. The standard InChI is InChI=1S/C13H20N2O3/c1-2-3-8-17-9-10-18-12-7-5-4-6-11(12)13(14)15-16/h4-7,16H,2-3,8-10H2,1H3,(H2,14,15). The first-order valence-corrected chi connectivity index (χ1v) is 6.07. The Balaban J connectivity index is 2.42. The lowest BCUT2D eigenvalue weighted by molar-refractivity contribution is 0.0980. The Morgan fingerprint density at radius 3 is 2.78 bits per heavy atom. The number of hydrogen-bond donors (Lipinski definition) is 2. The summed E-state index contributed by atoms with van der Waals surface area (Å²) in [4.78, 5) is 0. The number of hydrogen-bond acceptors (Lipinski definition) is 4. The van der Waals surface area contributed by atoms with Gasteiger partial charge in [0.2, 0.25) is 0 Å². The van der Waals surface area contributed by atoms with Crippen molar-refractivity contribution in [2.45, 2.75) is 19.8 Å². The van der Waals surface area contributed by atoms with Gasteiger partial charge in [-0.15, -0.1) is 0 Å². The number of unbranched alkanes of at least 4 members (excludes halogenated alkanes) is 1. The second-order valence-corrected chi connectivity index (χ2v) is 3.80. The van der Waals surface area contributed by atoms with Crippen molar-refractivity contribution in [3.63, 3.8) is 0 Å². The maximum absolute atomic E-state index is 8.66. The molecule has 0 saturated carbocycles. The van der Waals surface area contributed by atoms with Crippen molar-refractivity contribution >= 4 is 5.84 Å².